The van der Waals surface area contributed by atoms with Gasteiger partial charge in [0.2, 0.25) is 0 Å². The first-order valence-corrected chi connectivity index (χ1v) is 5.31. The molecule has 0 aliphatic rings. The van der Waals surface area contributed by atoms with Gasteiger partial charge in [-0.05, 0) is 23.3 Å². The van der Waals surface area contributed by atoms with E-state index in [0.717, 1.165) is 15.6 Å². The molecule has 0 aromatic heterocycles. The van der Waals surface area contributed by atoms with Crippen LogP contribution < -0.4 is 5.73 Å². The minimum absolute atomic E-state index is 0.0450. The fourth-order valence-corrected chi connectivity index (χ4v) is 1.85. The summed E-state index contributed by atoms with van der Waals surface area (Å²) in [5, 5.41) is 8.63. The third-order valence-electron chi connectivity index (χ3n) is 1.72. The molecule has 70 valence electrons. The average Bonchev–Trinajstić information content (AvgIpc) is 2.03. The van der Waals surface area contributed by atoms with Crippen LogP contribution in [0.3, 0.4) is 0 Å². The number of hydrogen-bond acceptors (Lipinski definition) is 2. The molecule has 13 heavy (non-hydrogen) atoms. The summed E-state index contributed by atoms with van der Waals surface area (Å²) in [5.41, 5.74) is 8.02. The SMILES string of the molecule is Nc1ccc(CI)c(CC(=O)O)c1. The highest BCUT2D eigenvalue weighted by Crippen LogP contribution is 2.17. The maximum Gasteiger partial charge on any atom is 0.307 e. The van der Waals surface area contributed by atoms with Gasteiger partial charge in [0, 0.05) is 10.1 Å². The van der Waals surface area contributed by atoms with Gasteiger partial charge in [-0.25, -0.2) is 0 Å². The highest BCUT2D eigenvalue weighted by molar-refractivity contribution is 14.1. The maximum atomic E-state index is 10.5. The minimum Gasteiger partial charge on any atom is -0.481 e. The zero-order valence-corrected chi connectivity index (χ0v) is 9.11. The zero-order valence-electron chi connectivity index (χ0n) is 6.96. The molecule has 0 bridgehead atoms. The van der Waals surface area contributed by atoms with Gasteiger partial charge in [-0.15, -0.1) is 0 Å². The van der Waals surface area contributed by atoms with Crippen molar-refractivity contribution in [2.75, 3.05) is 5.73 Å². The van der Waals surface area contributed by atoms with Gasteiger partial charge in [-0.3, -0.25) is 4.79 Å². The monoisotopic (exact) mass is 291 g/mol. The van der Waals surface area contributed by atoms with E-state index in [1.54, 1.807) is 12.1 Å². The lowest BCUT2D eigenvalue weighted by Crippen LogP contribution is -2.03. The number of hydrogen-bond donors (Lipinski definition) is 2. The molecule has 0 heterocycles. The molecule has 0 spiro atoms. The van der Waals surface area contributed by atoms with Crippen LogP contribution in [0, 0.1) is 0 Å². The predicted molar refractivity (Wildman–Crippen MR) is 59.9 cm³/mol. The smallest absolute Gasteiger partial charge is 0.307 e. The summed E-state index contributed by atoms with van der Waals surface area (Å²) in [6.45, 7) is 0. The predicted octanol–water partition coefficient (Wildman–Crippen LogP) is 1.83. The quantitative estimate of drug-likeness (QED) is 0.507. The van der Waals surface area contributed by atoms with Crippen molar-refractivity contribution >= 4 is 34.2 Å². The molecule has 0 aliphatic heterocycles. The molecule has 4 heteroatoms. The normalized spacial score (nSPS) is 9.92. The van der Waals surface area contributed by atoms with E-state index in [-0.39, 0.29) is 6.42 Å². The molecule has 1 aromatic carbocycles. The lowest BCUT2D eigenvalue weighted by molar-refractivity contribution is -0.136. The lowest BCUT2D eigenvalue weighted by atomic mass is 10.1. The van der Waals surface area contributed by atoms with Crippen LogP contribution in [0.25, 0.3) is 0 Å². The summed E-state index contributed by atoms with van der Waals surface area (Å²) >= 11 is 2.20. The second-order valence-corrected chi connectivity index (χ2v) is 3.50. The highest BCUT2D eigenvalue weighted by atomic mass is 127. The Hall–Kier alpha value is -0.780. The van der Waals surface area contributed by atoms with Gasteiger partial charge < -0.3 is 10.8 Å². The van der Waals surface area contributed by atoms with Crippen molar-refractivity contribution in [2.45, 2.75) is 10.8 Å². The van der Waals surface area contributed by atoms with Crippen molar-refractivity contribution < 1.29 is 9.90 Å². The minimum atomic E-state index is -0.822. The van der Waals surface area contributed by atoms with Crippen molar-refractivity contribution in [2.24, 2.45) is 0 Å². The number of anilines is 1. The molecule has 0 atom stereocenters. The highest BCUT2D eigenvalue weighted by Gasteiger charge is 2.05. The van der Waals surface area contributed by atoms with Crippen molar-refractivity contribution in [3.63, 3.8) is 0 Å². The number of benzene rings is 1. The van der Waals surface area contributed by atoms with Crippen molar-refractivity contribution in [3.05, 3.63) is 29.3 Å². The number of rotatable bonds is 3. The Morgan fingerprint density at radius 3 is 2.69 bits per heavy atom. The number of carboxylic acids is 1. The van der Waals surface area contributed by atoms with Crippen LogP contribution in [0.2, 0.25) is 0 Å². The van der Waals surface area contributed by atoms with Crippen molar-refractivity contribution in [1.29, 1.82) is 0 Å². The van der Waals surface area contributed by atoms with Crippen LogP contribution in [-0.4, -0.2) is 11.1 Å². The largest absolute Gasteiger partial charge is 0.481 e. The van der Waals surface area contributed by atoms with E-state index in [9.17, 15) is 4.79 Å². The fourth-order valence-electron chi connectivity index (χ4n) is 1.10. The van der Waals surface area contributed by atoms with E-state index in [0.29, 0.717) is 5.69 Å². The Bertz CT molecular complexity index is 325. The third kappa shape index (κ3) is 2.87. The van der Waals surface area contributed by atoms with Crippen LogP contribution in [-0.2, 0) is 15.6 Å². The van der Waals surface area contributed by atoms with Crippen LogP contribution in [0.15, 0.2) is 18.2 Å². The Morgan fingerprint density at radius 1 is 1.46 bits per heavy atom. The molecule has 1 aromatic rings. The van der Waals surface area contributed by atoms with Crippen LogP contribution in [0.1, 0.15) is 11.1 Å². The second kappa shape index (κ2) is 4.45. The fraction of sp³-hybridized carbons (Fsp3) is 0.222. The molecule has 0 saturated carbocycles. The first-order valence-electron chi connectivity index (χ1n) is 3.78. The molecule has 3 nitrogen and oxygen atoms in total. The molecule has 0 saturated heterocycles. The first-order chi connectivity index (χ1) is 6.13. The number of carbonyl (C=O) groups is 1. The Labute approximate surface area is 90.1 Å². The number of aliphatic carboxylic acids is 1. The Kier molecular flexibility index (Phi) is 3.53. The first kappa shape index (κ1) is 10.3. The summed E-state index contributed by atoms with van der Waals surface area (Å²) in [5.74, 6) is -0.822. The van der Waals surface area contributed by atoms with Gasteiger partial charge in [-0.2, -0.15) is 0 Å². The molecular formula is C9H10INO2. The number of halogens is 1. The van der Waals surface area contributed by atoms with Gasteiger partial charge in [0.15, 0.2) is 0 Å². The Balaban J connectivity index is 3.01. The van der Waals surface area contributed by atoms with E-state index in [2.05, 4.69) is 22.6 Å². The molecule has 0 fully saturated rings. The number of nitrogens with two attached hydrogens (primary N) is 1. The standard InChI is InChI=1S/C9H10INO2/c10-5-6-1-2-8(11)3-7(6)4-9(12)13/h1-3H,4-5,11H2,(H,12,13). The topological polar surface area (TPSA) is 63.3 Å². The molecule has 1 rings (SSSR count). The number of nitrogen functional groups attached to an aromatic ring is 1. The molecule has 0 amide bonds. The molecular weight excluding hydrogens is 281 g/mol. The van der Waals surface area contributed by atoms with E-state index in [1.807, 2.05) is 6.07 Å². The average molecular weight is 291 g/mol. The molecule has 0 unspecified atom stereocenters. The third-order valence-corrected chi connectivity index (χ3v) is 2.54. The summed E-state index contributed by atoms with van der Waals surface area (Å²) in [6, 6.07) is 5.39. The van der Waals surface area contributed by atoms with Crippen LogP contribution >= 0.6 is 22.6 Å². The van der Waals surface area contributed by atoms with E-state index >= 15 is 0 Å². The molecule has 3 N–H and O–H groups in total. The van der Waals surface area contributed by atoms with E-state index < -0.39 is 5.97 Å². The van der Waals surface area contributed by atoms with Gasteiger partial charge >= 0.3 is 5.97 Å². The number of carboxylic acid groups (broad SMARTS) is 1. The summed E-state index contributed by atoms with van der Waals surface area (Å²) in [4.78, 5) is 10.5. The lowest BCUT2D eigenvalue weighted by Gasteiger charge is -2.05. The zero-order chi connectivity index (χ0) is 9.84. The van der Waals surface area contributed by atoms with Crippen LogP contribution in [0.4, 0.5) is 5.69 Å². The summed E-state index contributed by atoms with van der Waals surface area (Å²) in [6.07, 6.45) is 0.0450. The van der Waals surface area contributed by atoms with Gasteiger partial charge in [-0.1, -0.05) is 28.7 Å². The summed E-state index contributed by atoms with van der Waals surface area (Å²) < 4.78 is 0.806. The molecule has 0 aliphatic carbocycles. The number of alkyl halides is 1. The van der Waals surface area contributed by atoms with Gasteiger partial charge in [0.1, 0.15) is 0 Å². The van der Waals surface area contributed by atoms with E-state index in [1.165, 1.54) is 0 Å². The van der Waals surface area contributed by atoms with Crippen LogP contribution in [0.5, 0.6) is 0 Å². The van der Waals surface area contributed by atoms with Crippen molar-refractivity contribution in [1.82, 2.24) is 0 Å². The summed E-state index contributed by atoms with van der Waals surface area (Å²) in [7, 11) is 0. The molecule has 0 radical (unpaired) electrons. The van der Waals surface area contributed by atoms with Gasteiger partial charge in [0.25, 0.3) is 0 Å². The Morgan fingerprint density at radius 2 is 2.15 bits per heavy atom. The van der Waals surface area contributed by atoms with E-state index in [4.69, 9.17) is 10.8 Å². The maximum absolute atomic E-state index is 10.5. The second-order valence-electron chi connectivity index (χ2n) is 2.73. The van der Waals surface area contributed by atoms with Crippen molar-refractivity contribution in [3.8, 4) is 0 Å². The van der Waals surface area contributed by atoms with Gasteiger partial charge in [0.05, 0.1) is 6.42 Å².